The second-order valence-corrected chi connectivity index (χ2v) is 8.08. The lowest BCUT2D eigenvalue weighted by Gasteiger charge is -2.28. The summed E-state index contributed by atoms with van der Waals surface area (Å²) in [6.45, 7) is 10.3. The molecule has 0 amide bonds. The number of esters is 1. The summed E-state index contributed by atoms with van der Waals surface area (Å²) in [5, 5.41) is 0. The number of rotatable bonds is 5. The predicted molar refractivity (Wildman–Crippen MR) is 95.6 cm³/mol. The van der Waals surface area contributed by atoms with Crippen LogP contribution in [0, 0.1) is 11.3 Å². The lowest BCUT2D eigenvalue weighted by Crippen LogP contribution is -2.24. The Balaban J connectivity index is 2.03. The van der Waals surface area contributed by atoms with Gasteiger partial charge in [-0.3, -0.25) is 9.59 Å². The highest BCUT2D eigenvalue weighted by Crippen LogP contribution is 2.34. The smallest absolute Gasteiger partial charge is 0.318 e. The van der Waals surface area contributed by atoms with Gasteiger partial charge >= 0.3 is 5.97 Å². The van der Waals surface area contributed by atoms with Gasteiger partial charge in [0.2, 0.25) is 0 Å². The number of hydrogen-bond donors (Lipinski definition) is 0. The van der Waals surface area contributed by atoms with E-state index in [1.54, 1.807) is 0 Å². The lowest BCUT2D eigenvalue weighted by atomic mass is 9.79. The number of carbonyl (C=O) groups excluding carboxylic acids is 2. The molecule has 0 bridgehead atoms. The van der Waals surface area contributed by atoms with Crippen LogP contribution in [0.4, 0.5) is 0 Å². The molecular formula is C21H28O3. The first-order chi connectivity index (χ1) is 11.2. The maximum Gasteiger partial charge on any atom is 0.318 e. The molecule has 0 N–H and O–H groups in total. The Morgan fingerprint density at radius 2 is 1.75 bits per heavy atom. The van der Waals surface area contributed by atoms with Crippen molar-refractivity contribution in [2.24, 2.45) is 11.3 Å². The molecule has 1 aromatic carbocycles. The van der Waals surface area contributed by atoms with Gasteiger partial charge in [-0.2, -0.15) is 0 Å². The molecule has 1 aliphatic rings. The van der Waals surface area contributed by atoms with E-state index < -0.39 is 0 Å². The molecule has 1 aliphatic carbocycles. The Hall–Kier alpha value is -1.90. The zero-order valence-electron chi connectivity index (χ0n) is 15.4. The molecule has 0 heterocycles. The quantitative estimate of drug-likeness (QED) is 0.729. The van der Waals surface area contributed by atoms with Crippen molar-refractivity contribution in [2.45, 2.75) is 59.8 Å². The molecule has 1 atom stereocenters. The minimum atomic E-state index is -0.348. The maximum atomic E-state index is 12.4. The monoisotopic (exact) mass is 328 g/mol. The van der Waals surface area contributed by atoms with E-state index in [1.165, 1.54) is 11.6 Å². The number of benzene rings is 1. The highest BCUT2D eigenvalue weighted by molar-refractivity contribution is 5.92. The maximum absolute atomic E-state index is 12.4. The highest BCUT2D eigenvalue weighted by Gasteiger charge is 2.30. The summed E-state index contributed by atoms with van der Waals surface area (Å²) in [4.78, 5) is 24.2. The molecule has 130 valence electrons. The molecular weight excluding hydrogens is 300 g/mol. The van der Waals surface area contributed by atoms with Crippen LogP contribution in [-0.4, -0.2) is 11.8 Å². The van der Waals surface area contributed by atoms with Crippen LogP contribution in [0.3, 0.4) is 0 Å². The SMILES string of the molecule is CC(C)Cc1ccc([C@H](C)C(=O)OC2=CC(=O)CC(C)(C)C2)cc1. The summed E-state index contributed by atoms with van der Waals surface area (Å²) >= 11 is 0. The van der Waals surface area contributed by atoms with Crippen molar-refractivity contribution in [3.05, 3.63) is 47.2 Å². The van der Waals surface area contributed by atoms with Crippen molar-refractivity contribution in [1.82, 2.24) is 0 Å². The van der Waals surface area contributed by atoms with Gasteiger partial charge in [0.15, 0.2) is 5.78 Å². The van der Waals surface area contributed by atoms with Gasteiger partial charge in [0.05, 0.1) is 5.92 Å². The summed E-state index contributed by atoms with van der Waals surface area (Å²) in [6, 6.07) is 8.14. The van der Waals surface area contributed by atoms with Gasteiger partial charge in [0, 0.05) is 18.9 Å². The molecule has 3 nitrogen and oxygen atoms in total. The molecule has 0 radical (unpaired) electrons. The largest absolute Gasteiger partial charge is 0.430 e. The summed E-state index contributed by atoms with van der Waals surface area (Å²) in [5.41, 5.74) is 2.06. The second-order valence-electron chi connectivity index (χ2n) is 8.08. The third kappa shape index (κ3) is 5.05. The van der Waals surface area contributed by atoms with Crippen molar-refractivity contribution < 1.29 is 14.3 Å². The molecule has 0 aliphatic heterocycles. The Bertz CT molecular complexity index is 636. The fourth-order valence-electron chi connectivity index (χ4n) is 3.12. The highest BCUT2D eigenvalue weighted by atomic mass is 16.5. The van der Waals surface area contributed by atoms with Crippen molar-refractivity contribution in [3.63, 3.8) is 0 Å². The standard InChI is InChI=1S/C21H28O3/c1-14(2)10-16-6-8-17(9-7-16)15(3)20(23)24-19-11-18(22)12-21(4,5)13-19/h6-9,11,14-15H,10,12-13H2,1-5H3/t15-/m0/s1. The number of carbonyl (C=O) groups is 2. The summed E-state index contributed by atoms with van der Waals surface area (Å²) < 4.78 is 5.51. The average molecular weight is 328 g/mol. The van der Waals surface area contributed by atoms with Crippen LogP contribution in [0.5, 0.6) is 0 Å². The molecule has 2 rings (SSSR count). The summed E-state index contributed by atoms with van der Waals surface area (Å²) in [6.07, 6.45) is 3.62. The zero-order valence-corrected chi connectivity index (χ0v) is 15.4. The van der Waals surface area contributed by atoms with Gasteiger partial charge in [-0.25, -0.2) is 0 Å². The van der Waals surface area contributed by atoms with Crippen LogP contribution >= 0.6 is 0 Å². The van der Waals surface area contributed by atoms with E-state index in [1.807, 2.05) is 32.9 Å². The van der Waals surface area contributed by atoms with Crippen LogP contribution in [0.25, 0.3) is 0 Å². The minimum Gasteiger partial charge on any atom is -0.430 e. The molecule has 0 fully saturated rings. The van der Waals surface area contributed by atoms with Crippen molar-refractivity contribution in [1.29, 1.82) is 0 Å². The van der Waals surface area contributed by atoms with Gasteiger partial charge in [-0.1, -0.05) is 52.0 Å². The first-order valence-electron chi connectivity index (χ1n) is 8.70. The van der Waals surface area contributed by atoms with Crippen LogP contribution < -0.4 is 0 Å². The van der Waals surface area contributed by atoms with Crippen LogP contribution in [0.15, 0.2) is 36.1 Å². The van der Waals surface area contributed by atoms with Crippen LogP contribution in [-0.2, 0) is 20.7 Å². The zero-order chi connectivity index (χ0) is 17.9. The number of hydrogen-bond acceptors (Lipinski definition) is 3. The molecule has 0 unspecified atom stereocenters. The van der Waals surface area contributed by atoms with Gasteiger partial charge < -0.3 is 4.74 Å². The van der Waals surface area contributed by atoms with E-state index in [9.17, 15) is 9.59 Å². The molecule has 1 aromatic rings. The molecule has 0 aromatic heterocycles. The first-order valence-corrected chi connectivity index (χ1v) is 8.70. The molecule has 24 heavy (non-hydrogen) atoms. The van der Waals surface area contributed by atoms with Crippen molar-refractivity contribution in [3.8, 4) is 0 Å². The second kappa shape index (κ2) is 7.33. The van der Waals surface area contributed by atoms with E-state index in [0.29, 0.717) is 24.5 Å². The van der Waals surface area contributed by atoms with Crippen molar-refractivity contribution >= 4 is 11.8 Å². The first kappa shape index (κ1) is 18.4. The fourth-order valence-corrected chi connectivity index (χ4v) is 3.12. The third-order valence-corrected chi connectivity index (χ3v) is 4.34. The van der Waals surface area contributed by atoms with Crippen LogP contribution in [0.1, 0.15) is 64.5 Å². The number of ether oxygens (including phenoxy) is 1. The Labute approximate surface area is 145 Å². The number of allylic oxidation sites excluding steroid dienone is 2. The normalized spacial score (nSPS) is 18.2. The van der Waals surface area contributed by atoms with E-state index in [0.717, 1.165) is 12.0 Å². The Morgan fingerprint density at radius 3 is 2.29 bits per heavy atom. The average Bonchev–Trinajstić information content (AvgIpc) is 2.44. The topological polar surface area (TPSA) is 43.4 Å². The van der Waals surface area contributed by atoms with Gasteiger partial charge in [0.1, 0.15) is 5.76 Å². The van der Waals surface area contributed by atoms with Gasteiger partial charge in [-0.05, 0) is 35.8 Å². The Morgan fingerprint density at radius 1 is 1.12 bits per heavy atom. The molecule has 0 saturated carbocycles. The number of ketones is 1. The van der Waals surface area contributed by atoms with Gasteiger partial charge in [-0.15, -0.1) is 0 Å². The van der Waals surface area contributed by atoms with Crippen molar-refractivity contribution in [2.75, 3.05) is 0 Å². The van der Waals surface area contributed by atoms with E-state index in [4.69, 9.17) is 4.74 Å². The Kier molecular flexibility index (Phi) is 5.63. The van der Waals surface area contributed by atoms with Crippen LogP contribution in [0.2, 0.25) is 0 Å². The minimum absolute atomic E-state index is 0.0275. The molecule has 0 saturated heterocycles. The summed E-state index contributed by atoms with van der Waals surface area (Å²) in [5.74, 6) is 0.476. The van der Waals surface area contributed by atoms with E-state index in [-0.39, 0.29) is 23.1 Å². The fraction of sp³-hybridized carbons (Fsp3) is 0.524. The van der Waals surface area contributed by atoms with E-state index >= 15 is 0 Å². The summed E-state index contributed by atoms with van der Waals surface area (Å²) in [7, 11) is 0. The van der Waals surface area contributed by atoms with Gasteiger partial charge in [0.25, 0.3) is 0 Å². The molecule has 0 spiro atoms. The molecule has 3 heteroatoms. The predicted octanol–water partition coefficient (Wildman–Crippen LogP) is 4.80. The third-order valence-electron chi connectivity index (χ3n) is 4.34. The van der Waals surface area contributed by atoms with E-state index in [2.05, 4.69) is 26.0 Å². The lowest BCUT2D eigenvalue weighted by molar-refractivity contribution is -0.141.